The molecule has 0 aromatic heterocycles. The summed E-state index contributed by atoms with van der Waals surface area (Å²) in [4.78, 5) is 12.1. The molecular formula is C13H16BrNO2. The minimum absolute atomic E-state index is 0.0613. The van der Waals surface area contributed by atoms with E-state index in [1.165, 1.54) is 12.8 Å². The number of nitrogens with one attached hydrogen (secondary N) is 1. The number of hydrogen-bond donors (Lipinski definition) is 1. The molecule has 0 heterocycles. The first-order valence-electron chi connectivity index (χ1n) is 5.76. The molecule has 1 N–H and O–H groups in total. The molecular weight excluding hydrogens is 282 g/mol. The minimum Gasteiger partial charge on any atom is -0.496 e. The van der Waals surface area contributed by atoms with Gasteiger partial charge in [-0.15, -0.1) is 0 Å². The number of halogens is 1. The maximum atomic E-state index is 12.1. The van der Waals surface area contributed by atoms with E-state index in [1.54, 1.807) is 19.2 Å². The number of rotatable bonds is 4. The van der Waals surface area contributed by atoms with Crippen LogP contribution in [0.4, 0.5) is 0 Å². The number of methoxy groups -OCH3 is 1. The van der Waals surface area contributed by atoms with Crippen molar-refractivity contribution in [3.63, 3.8) is 0 Å². The maximum absolute atomic E-state index is 12.1. The maximum Gasteiger partial charge on any atom is 0.255 e. The second-order valence-corrected chi connectivity index (χ2v) is 5.36. The second kappa shape index (κ2) is 5.08. The summed E-state index contributed by atoms with van der Waals surface area (Å²) in [6.45, 7) is 2.06. The van der Waals surface area contributed by atoms with Crippen molar-refractivity contribution in [2.24, 2.45) is 5.92 Å². The Kier molecular flexibility index (Phi) is 3.72. The molecule has 4 heteroatoms. The van der Waals surface area contributed by atoms with Crippen LogP contribution in [0.2, 0.25) is 0 Å². The summed E-state index contributed by atoms with van der Waals surface area (Å²) in [6.07, 6.45) is 2.44. The van der Waals surface area contributed by atoms with Crippen molar-refractivity contribution in [1.82, 2.24) is 5.32 Å². The highest BCUT2D eigenvalue weighted by Crippen LogP contribution is 2.32. The summed E-state index contributed by atoms with van der Waals surface area (Å²) < 4.78 is 6.12. The van der Waals surface area contributed by atoms with Crippen LogP contribution in [0.5, 0.6) is 5.75 Å². The van der Waals surface area contributed by atoms with Crippen molar-refractivity contribution < 1.29 is 9.53 Å². The molecule has 0 radical (unpaired) electrons. The molecule has 0 aliphatic heterocycles. The summed E-state index contributed by atoms with van der Waals surface area (Å²) in [7, 11) is 1.57. The number of carbonyl (C=O) groups excluding carboxylic acids is 1. The lowest BCUT2D eigenvalue weighted by molar-refractivity contribution is 0.0933. The normalized spacial score (nSPS) is 16.4. The summed E-state index contributed by atoms with van der Waals surface area (Å²) >= 11 is 3.36. The molecule has 0 bridgehead atoms. The van der Waals surface area contributed by atoms with Crippen LogP contribution >= 0.6 is 15.9 Å². The van der Waals surface area contributed by atoms with Crippen LogP contribution in [-0.2, 0) is 0 Å². The van der Waals surface area contributed by atoms with E-state index in [4.69, 9.17) is 4.74 Å². The lowest BCUT2D eigenvalue weighted by Gasteiger charge is -2.14. The van der Waals surface area contributed by atoms with E-state index in [0.717, 1.165) is 4.47 Å². The molecule has 3 nitrogen and oxygen atoms in total. The molecule has 1 unspecified atom stereocenters. The van der Waals surface area contributed by atoms with Gasteiger partial charge in [-0.2, -0.15) is 0 Å². The molecule has 1 fully saturated rings. The average molecular weight is 298 g/mol. The topological polar surface area (TPSA) is 38.3 Å². The Morgan fingerprint density at radius 2 is 2.24 bits per heavy atom. The van der Waals surface area contributed by atoms with Gasteiger partial charge in [0.05, 0.1) is 12.7 Å². The molecule has 1 amide bonds. The number of hydrogen-bond acceptors (Lipinski definition) is 2. The Hall–Kier alpha value is -1.03. The van der Waals surface area contributed by atoms with Gasteiger partial charge in [-0.3, -0.25) is 4.79 Å². The third-order valence-corrected chi connectivity index (χ3v) is 3.59. The molecule has 2 rings (SSSR count). The SMILES string of the molecule is COc1cc(Br)ccc1C(=O)NC(C)C1CC1. The molecule has 92 valence electrons. The molecule has 1 saturated carbocycles. The Morgan fingerprint density at radius 3 is 2.82 bits per heavy atom. The fourth-order valence-corrected chi connectivity index (χ4v) is 2.19. The molecule has 0 spiro atoms. The van der Waals surface area contributed by atoms with Crippen molar-refractivity contribution >= 4 is 21.8 Å². The first kappa shape index (κ1) is 12.4. The van der Waals surface area contributed by atoms with Gasteiger partial charge < -0.3 is 10.1 Å². The van der Waals surface area contributed by atoms with Crippen molar-refractivity contribution in [2.75, 3.05) is 7.11 Å². The summed E-state index contributed by atoms with van der Waals surface area (Å²) in [5, 5.41) is 3.02. The predicted octanol–water partition coefficient (Wildman–Crippen LogP) is 2.99. The highest BCUT2D eigenvalue weighted by Gasteiger charge is 2.29. The van der Waals surface area contributed by atoms with Crippen molar-refractivity contribution in [1.29, 1.82) is 0 Å². The summed E-state index contributed by atoms with van der Waals surface area (Å²) in [6, 6.07) is 5.67. The van der Waals surface area contributed by atoms with Crippen LogP contribution in [0.15, 0.2) is 22.7 Å². The van der Waals surface area contributed by atoms with E-state index in [1.807, 2.05) is 6.07 Å². The number of amides is 1. The Labute approximate surface area is 110 Å². The molecule has 1 atom stereocenters. The van der Waals surface area contributed by atoms with Crippen LogP contribution in [-0.4, -0.2) is 19.1 Å². The van der Waals surface area contributed by atoms with E-state index in [9.17, 15) is 4.79 Å². The minimum atomic E-state index is -0.0613. The lowest BCUT2D eigenvalue weighted by atomic mass is 10.1. The van der Waals surface area contributed by atoms with Crippen LogP contribution in [0.3, 0.4) is 0 Å². The Balaban J connectivity index is 2.12. The van der Waals surface area contributed by atoms with E-state index >= 15 is 0 Å². The zero-order valence-electron chi connectivity index (χ0n) is 10.00. The second-order valence-electron chi connectivity index (χ2n) is 4.44. The molecule has 1 aliphatic rings. The van der Waals surface area contributed by atoms with E-state index in [-0.39, 0.29) is 11.9 Å². The quantitative estimate of drug-likeness (QED) is 0.928. The molecule has 0 saturated heterocycles. The van der Waals surface area contributed by atoms with E-state index in [0.29, 0.717) is 17.2 Å². The van der Waals surface area contributed by atoms with Gasteiger partial charge in [0.1, 0.15) is 5.75 Å². The first-order chi connectivity index (χ1) is 8.11. The monoisotopic (exact) mass is 297 g/mol. The van der Waals surface area contributed by atoms with Crippen LogP contribution in [0.1, 0.15) is 30.1 Å². The molecule has 1 aromatic carbocycles. The zero-order chi connectivity index (χ0) is 12.4. The van der Waals surface area contributed by atoms with Gasteiger partial charge in [0.25, 0.3) is 5.91 Å². The summed E-state index contributed by atoms with van der Waals surface area (Å²) in [5.74, 6) is 1.19. The Morgan fingerprint density at radius 1 is 1.53 bits per heavy atom. The van der Waals surface area contributed by atoms with Gasteiger partial charge >= 0.3 is 0 Å². The van der Waals surface area contributed by atoms with E-state index < -0.39 is 0 Å². The fraction of sp³-hybridized carbons (Fsp3) is 0.462. The standard InChI is InChI=1S/C13H16BrNO2/c1-8(9-3-4-9)15-13(16)11-6-5-10(14)7-12(11)17-2/h5-9H,3-4H2,1-2H3,(H,15,16). The van der Waals surface area contributed by atoms with Crippen molar-refractivity contribution in [2.45, 2.75) is 25.8 Å². The molecule has 1 aliphatic carbocycles. The van der Waals surface area contributed by atoms with Gasteiger partial charge in [-0.05, 0) is 43.9 Å². The zero-order valence-corrected chi connectivity index (χ0v) is 11.6. The summed E-state index contributed by atoms with van der Waals surface area (Å²) in [5.41, 5.74) is 0.586. The Bertz CT molecular complexity index is 429. The average Bonchev–Trinajstić information content (AvgIpc) is 3.12. The third-order valence-electron chi connectivity index (χ3n) is 3.10. The lowest BCUT2D eigenvalue weighted by Crippen LogP contribution is -2.34. The van der Waals surface area contributed by atoms with Gasteiger partial charge in [-0.1, -0.05) is 15.9 Å². The van der Waals surface area contributed by atoms with E-state index in [2.05, 4.69) is 28.2 Å². The van der Waals surface area contributed by atoms with Gasteiger partial charge in [0.2, 0.25) is 0 Å². The number of benzene rings is 1. The largest absolute Gasteiger partial charge is 0.496 e. The van der Waals surface area contributed by atoms with Crippen LogP contribution < -0.4 is 10.1 Å². The van der Waals surface area contributed by atoms with Crippen molar-refractivity contribution in [3.8, 4) is 5.75 Å². The predicted molar refractivity (Wildman–Crippen MR) is 70.3 cm³/mol. The smallest absolute Gasteiger partial charge is 0.255 e. The molecule has 17 heavy (non-hydrogen) atoms. The highest BCUT2D eigenvalue weighted by atomic mass is 79.9. The van der Waals surface area contributed by atoms with Gasteiger partial charge in [0.15, 0.2) is 0 Å². The first-order valence-corrected chi connectivity index (χ1v) is 6.55. The highest BCUT2D eigenvalue weighted by molar-refractivity contribution is 9.10. The van der Waals surface area contributed by atoms with Gasteiger partial charge in [0, 0.05) is 10.5 Å². The van der Waals surface area contributed by atoms with Crippen LogP contribution in [0, 0.1) is 5.92 Å². The third kappa shape index (κ3) is 3.00. The van der Waals surface area contributed by atoms with Gasteiger partial charge in [-0.25, -0.2) is 0 Å². The van der Waals surface area contributed by atoms with Crippen LogP contribution in [0.25, 0.3) is 0 Å². The van der Waals surface area contributed by atoms with Crippen molar-refractivity contribution in [3.05, 3.63) is 28.2 Å². The molecule has 1 aromatic rings. The fourth-order valence-electron chi connectivity index (χ4n) is 1.85. The number of carbonyl (C=O) groups is 1. The number of ether oxygens (including phenoxy) is 1.